The van der Waals surface area contributed by atoms with Crippen LogP contribution in [0.25, 0.3) is 11.4 Å². The van der Waals surface area contributed by atoms with Crippen molar-refractivity contribution in [2.75, 3.05) is 13.1 Å². The lowest BCUT2D eigenvalue weighted by atomic mass is 9.99. The SMILES string of the molecule is C[C@@H]1CCCN(Cc2ccc(CNC(=O)CCCc3nc(-c4ccccc4)no3)cc2)C1. The first-order valence-corrected chi connectivity index (χ1v) is 11.6. The van der Waals surface area contributed by atoms with E-state index in [0.29, 0.717) is 37.5 Å². The van der Waals surface area contributed by atoms with E-state index in [1.54, 1.807) is 0 Å². The molecule has 1 N–H and O–H groups in total. The number of piperidine rings is 1. The van der Waals surface area contributed by atoms with Crippen LogP contribution >= 0.6 is 0 Å². The molecular formula is C26H32N4O2. The summed E-state index contributed by atoms with van der Waals surface area (Å²) in [6.45, 7) is 6.29. The molecule has 1 saturated heterocycles. The van der Waals surface area contributed by atoms with Gasteiger partial charge in [-0.3, -0.25) is 9.69 Å². The molecule has 1 aliphatic heterocycles. The lowest BCUT2D eigenvalue weighted by molar-refractivity contribution is -0.121. The first-order chi connectivity index (χ1) is 15.7. The number of carbonyl (C=O) groups is 1. The van der Waals surface area contributed by atoms with Gasteiger partial charge in [-0.25, -0.2) is 0 Å². The van der Waals surface area contributed by atoms with Gasteiger partial charge in [0.2, 0.25) is 17.6 Å². The highest BCUT2D eigenvalue weighted by molar-refractivity contribution is 5.75. The van der Waals surface area contributed by atoms with Gasteiger partial charge >= 0.3 is 0 Å². The van der Waals surface area contributed by atoms with Crippen molar-refractivity contribution in [3.8, 4) is 11.4 Å². The summed E-state index contributed by atoms with van der Waals surface area (Å²) in [4.78, 5) is 19.2. The van der Waals surface area contributed by atoms with E-state index in [9.17, 15) is 4.79 Å². The highest BCUT2D eigenvalue weighted by Gasteiger charge is 2.16. The average molecular weight is 433 g/mol. The number of benzene rings is 2. The quantitative estimate of drug-likeness (QED) is 0.535. The smallest absolute Gasteiger partial charge is 0.226 e. The van der Waals surface area contributed by atoms with Gasteiger partial charge < -0.3 is 9.84 Å². The van der Waals surface area contributed by atoms with E-state index in [2.05, 4.69) is 51.5 Å². The average Bonchev–Trinajstić information content (AvgIpc) is 3.28. The number of hydrogen-bond acceptors (Lipinski definition) is 5. The molecule has 4 rings (SSSR count). The molecule has 1 aromatic heterocycles. The molecular weight excluding hydrogens is 400 g/mol. The monoisotopic (exact) mass is 432 g/mol. The molecule has 6 heteroatoms. The van der Waals surface area contributed by atoms with Gasteiger partial charge in [-0.15, -0.1) is 0 Å². The predicted octanol–water partition coefficient (Wildman–Crippen LogP) is 4.61. The third-order valence-corrected chi connectivity index (χ3v) is 5.95. The van der Waals surface area contributed by atoms with Crippen LogP contribution in [0.4, 0.5) is 0 Å². The third kappa shape index (κ3) is 6.50. The minimum absolute atomic E-state index is 0.0409. The van der Waals surface area contributed by atoms with Crippen LogP contribution in [0.2, 0.25) is 0 Å². The maximum atomic E-state index is 12.2. The Morgan fingerprint density at radius 2 is 1.91 bits per heavy atom. The fourth-order valence-corrected chi connectivity index (χ4v) is 4.20. The van der Waals surface area contributed by atoms with Crippen LogP contribution in [0.3, 0.4) is 0 Å². The van der Waals surface area contributed by atoms with Gasteiger partial charge in [-0.1, -0.05) is 66.7 Å². The molecule has 0 radical (unpaired) electrons. The summed E-state index contributed by atoms with van der Waals surface area (Å²) in [6.07, 6.45) is 4.35. The molecule has 0 saturated carbocycles. The molecule has 2 heterocycles. The molecule has 0 unspecified atom stereocenters. The Balaban J connectivity index is 1.16. The summed E-state index contributed by atoms with van der Waals surface area (Å²) in [7, 11) is 0. The molecule has 6 nitrogen and oxygen atoms in total. The fraction of sp³-hybridized carbons (Fsp3) is 0.423. The second kappa shape index (κ2) is 11.0. The molecule has 1 fully saturated rings. The Morgan fingerprint density at radius 1 is 1.12 bits per heavy atom. The van der Waals surface area contributed by atoms with Crippen LogP contribution in [0, 0.1) is 5.92 Å². The van der Waals surface area contributed by atoms with Gasteiger partial charge in [0.05, 0.1) is 0 Å². The van der Waals surface area contributed by atoms with Gasteiger partial charge in [-0.05, 0) is 42.9 Å². The lowest BCUT2D eigenvalue weighted by Gasteiger charge is -2.30. The number of nitrogens with one attached hydrogen (secondary N) is 1. The normalized spacial score (nSPS) is 16.7. The minimum Gasteiger partial charge on any atom is -0.352 e. The summed E-state index contributed by atoms with van der Waals surface area (Å²) in [5.74, 6) is 1.99. The number of carbonyl (C=O) groups excluding carboxylic acids is 1. The number of hydrogen-bond donors (Lipinski definition) is 1. The second-order valence-electron chi connectivity index (χ2n) is 8.81. The van der Waals surface area contributed by atoms with Crippen LogP contribution in [0.15, 0.2) is 59.1 Å². The molecule has 3 aromatic rings. The van der Waals surface area contributed by atoms with Crippen molar-refractivity contribution in [3.63, 3.8) is 0 Å². The molecule has 2 aromatic carbocycles. The van der Waals surface area contributed by atoms with Crippen LogP contribution in [0.5, 0.6) is 0 Å². The topological polar surface area (TPSA) is 71.3 Å². The summed E-state index contributed by atoms with van der Waals surface area (Å²) in [6, 6.07) is 18.3. The van der Waals surface area contributed by atoms with Gasteiger partial charge in [0.15, 0.2) is 0 Å². The predicted molar refractivity (Wildman–Crippen MR) is 125 cm³/mol. The van der Waals surface area contributed by atoms with Crippen LogP contribution in [-0.4, -0.2) is 34.0 Å². The largest absolute Gasteiger partial charge is 0.352 e. The van der Waals surface area contributed by atoms with Crippen molar-refractivity contribution in [2.45, 2.75) is 52.1 Å². The van der Waals surface area contributed by atoms with Crippen molar-refractivity contribution >= 4 is 5.91 Å². The number of likely N-dealkylation sites (tertiary alicyclic amines) is 1. The van der Waals surface area contributed by atoms with Crippen LogP contribution < -0.4 is 5.32 Å². The van der Waals surface area contributed by atoms with E-state index in [-0.39, 0.29) is 5.91 Å². The van der Waals surface area contributed by atoms with Crippen molar-refractivity contribution in [1.82, 2.24) is 20.4 Å². The summed E-state index contributed by atoms with van der Waals surface area (Å²) < 4.78 is 5.31. The molecule has 1 atom stereocenters. The van der Waals surface area contributed by atoms with Gasteiger partial charge in [0.25, 0.3) is 0 Å². The van der Waals surface area contributed by atoms with E-state index in [0.717, 1.165) is 23.6 Å². The molecule has 1 amide bonds. The van der Waals surface area contributed by atoms with Gasteiger partial charge in [0.1, 0.15) is 0 Å². The van der Waals surface area contributed by atoms with E-state index >= 15 is 0 Å². The van der Waals surface area contributed by atoms with E-state index in [1.165, 1.54) is 31.5 Å². The van der Waals surface area contributed by atoms with Crippen molar-refractivity contribution < 1.29 is 9.32 Å². The zero-order valence-corrected chi connectivity index (χ0v) is 18.8. The summed E-state index contributed by atoms with van der Waals surface area (Å²) in [5, 5.41) is 7.02. The molecule has 0 aliphatic carbocycles. The molecule has 168 valence electrons. The Morgan fingerprint density at radius 3 is 2.69 bits per heavy atom. The Hall–Kier alpha value is -2.99. The number of aryl methyl sites for hydroxylation is 1. The number of rotatable bonds is 9. The second-order valence-corrected chi connectivity index (χ2v) is 8.81. The highest BCUT2D eigenvalue weighted by atomic mass is 16.5. The fourth-order valence-electron chi connectivity index (χ4n) is 4.20. The maximum Gasteiger partial charge on any atom is 0.226 e. The van der Waals surface area contributed by atoms with E-state index in [1.807, 2.05) is 30.3 Å². The molecule has 0 bridgehead atoms. The van der Waals surface area contributed by atoms with Crippen molar-refractivity contribution in [3.05, 3.63) is 71.6 Å². The number of nitrogens with zero attached hydrogens (tertiary/aromatic N) is 3. The van der Waals surface area contributed by atoms with E-state index < -0.39 is 0 Å². The molecule has 1 aliphatic rings. The van der Waals surface area contributed by atoms with Crippen molar-refractivity contribution in [2.24, 2.45) is 5.92 Å². The Bertz CT molecular complexity index is 985. The third-order valence-electron chi connectivity index (χ3n) is 5.95. The van der Waals surface area contributed by atoms with Crippen molar-refractivity contribution in [1.29, 1.82) is 0 Å². The first kappa shape index (κ1) is 22.2. The Labute approximate surface area is 190 Å². The Kier molecular flexibility index (Phi) is 7.67. The lowest BCUT2D eigenvalue weighted by Crippen LogP contribution is -2.33. The van der Waals surface area contributed by atoms with Gasteiger partial charge in [0, 0.05) is 38.0 Å². The molecule has 0 spiro atoms. The summed E-state index contributed by atoms with van der Waals surface area (Å²) >= 11 is 0. The van der Waals surface area contributed by atoms with E-state index in [4.69, 9.17) is 4.52 Å². The maximum absolute atomic E-state index is 12.2. The number of aromatic nitrogens is 2. The minimum atomic E-state index is 0.0409. The highest BCUT2D eigenvalue weighted by Crippen LogP contribution is 2.18. The molecule has 32 heavy (non-hydrogen) atoms. The first-order valence-electron chi connectivity index (χ1n) is 11.6. The number of amides is 1. The van der Waals surface area contributed by atoms with Crippen LogP contribution in [-0.2, 0) is 24.3 Å². The zero-order valence-electron chi connectivity index (χ0n) is 18.8. The zero-order chi connectivity index (χ0) is 22.2. The van der Waals surface area contributed by atoms with Crippen LogP contribution in [0.1, 0.15) is 49.6 Å². The standard InChI is InChI=1S/C26H32N4O2/c1-20-7-6-16-30(18-20)19-22-14-12-21(13-15-22)17-27-24(31)10-5-11-25-28-26(29-32-25)23-8-3-2-4-9-23/h2-4,8-9,12-15,20H,5-7,10-11,16-19H2,1H3,(H,27,31)/t20-/m1/s1. The summed E-state index contributed by atoms with van der Waals surface area (Å²) in [5.41, 5.74) is 3.39. The van der Waals surface area contributed by atoms with Gasteiger partial charge in [-0.2, -0.15) is 4.98 Å².